The Balaban J connectivity index is 1.80. The van der Waals surface area contributed by atoms with Crippen LogP contribution in [0.25, 0.3) is 10.9 Å². The van der Waals surface area contributed by atoms with Crippen LogP contribution in [0.1, 0.15) is 57.4 Å². The van der Waals surface area contributed by atoms with E-state index in [2.05, 4.69) is 4.98 Å². The van der Waals surface area contributed by atoms with Crippen LogP contribution in [0.5, 0.6) is 0 Å². The van der Waals surface area contributed by atoms with Crippen molar-refractivity contribution in [1.29, 1.82) is 0 Å². The van der Waals surface area contributed by atoms with Gasteiger partial charge in [-0.25, -0.2) is 4.79 Å². The fourth-order valence-electron chi connectivity index (χ4n) is 3.91. The van der Waals surface area contributed by atoms with Gasteiger partial charge in [-0.05, 0) is 43.4 Å². The van der Waals surface area contributed by atoms with Gasteiger partial charge in [0.2, 0.25) is 0 Å². The summed E-state index contributed by atoms with van der Waals surface area (Å²) in [4.78, 5) is 39.1. The van der Waals surface area contributed by atoms with Crippen LogP contribution in [-0.4, -0.2) is 15.3 Å². The third-order valence-electron chi connectivity index (χ3n) is 5.22. The van der Waals surface area contributed by atoms with E-state index in [0.717, 1.165) is 24.3 Å². The second-order valence-electron chi connectivity index (χ2n) is 7.29. The Hall–Kier alpha value is -2.17. The lowest BCUT2D eigenvalue weighted by molar-refractivity contribution is -0.116. The van der Waals surface area contributed by atoms with Gasteiger partial charge in [0.1, 0.15) is 5.78 Å². The molecule has 0 saturated heterocycles. The molecule has 0 unspecified atom stereocenters. The second kappa shape index (κ2) is 7.81. The summed E-state index contributed by atoms with van der Waals surface area (Å²) in [6, 6.07) is 5.22. The zero-order chi connectivity index (χ0) is 17.8. The molecule has 0 spiro atoms. The van der Waals surface area contributed by atoms with E-state index in [0.29, 0.717) is 23.9 Å². The summed E-state index contributed by atoms with van der Waals surface area (Å²) < 4.78 is 1.31. The predicted molar refractivity (Wildman–Crippen MR) is 99.0 cm³/mol. The van der Waals surface area contributed by atoms with Gasteiger partial charge >= 0.3 is 5.69 Å². The van der Waals surface area contributed by atoms with Crippen molar-refractivity contribution in [2.75, 3.05) is 0 Å². The number of aromatic nitrogens is 2. The predicted octanol–water partition coefficient (Wildman–Crippen LogP) is 3.18. The molecule has 0 atom stereocenters. The molecular formula is C20H26N2O3. The standard InChI is InChI=1S/C20H26N2O3/c1-14(23)12-16-9-10-18-17(13-16)19(24)22(20(25)21-18)11-5-8-15-6-3-2-4-7-15/h9-10,13,15H,2-8,11-12H2,1H3,(H,21,25). The van der Waals surface area contributed by atoms with E-state index in [-0.39, 0.29) is 17.0 Å². The number of ketones is 1. The molecular weight excluding hydrogens is 316 g/mol. The van der Waals surface area contributed by atoms with Crippen molar-refractivity contribution >= 4 is 16.7 Å². The van der Waals surface area contributed by atoms with E-state index < -0.39 is 0 Å². The molecule has 3 rings (SSSR count). The average Bonchev–Trinajstić information content (AvgIpc) is 2.59. The monoisotopic (exact) mass is 342 g/mol. The number of rotatable bonds is 6. The minimum absolute atomic E-state index is 0.0524. The molecule has 1 saturated carbocycles. The van der Waals surface area contributed by atoms with Crippen LogP contribution in [0.4, 0.5) is 0 Å². The number of Topliss-reactive ketones (excluding diaryl/α,β-unsaturated/α-hetero) is 1. The van der Waals surface area contributed by atoms with Gasteiger partial charge < -0.3 is 4.98 Å². The molecule has 25 heavy (non-hydrogen) atoms. The fraction of sp³-hybridized carbons (Fsp3) is 0.550. The quantitative estimate of drug-likeness (QED) is 0.876. The topological polar surface area (TPSA) is 71.9 Å². The van der Waals surface area contributed by atoms with Crippen molar-refractivity contribution in [3.63, 3.8) is 0 Å². The lowest BCUT2D eigenvalue weighted by Crippen LogP contribution is -2.35. The molecule has 1 heterocycles. The molecule has 2 aromatic rings. The molecule has 5 nitrogen and oxygen atoms in total. The van der Waals surface area contributed by atoms with Crippen molar-refractivity contribution < 1.29 is 4.79 Å². The summed E-state index contributed by atoms with van der Waals surface area (Å²) in [6.45, 7) is 1.98. The molecule has 1 aliphatic rings. The molecule has 0 aliphatic heterocycles. The number of nitrogens with one attached hydrogen (secondary N) is 1. The van der Waals surface area contributed by atoms with Crippen LogP contribution in [0, 0.1) is 5.92 Å². The maximum Gasteiger partial charge on any atom is 0.328 e. The summed E-state index contributed by atoms with van der Waals surface area (Å²) in [5, 5.41) is 0.482. The van der Waals surface area contributed by atoms with Crippen molar-refractivity contribution in [3.05, 3.63) is 44.6 Å². The van der Waals surface area contributed by atoms with Crippen LogP contribution < -0.4 is 11.2 Å². The molecule has 0 radical (unpaired) electrons. The lowest BCUT2D eigenvalue weighted by atomic mass is 9.86. The van der Waals surface area contributed by atoms with Crippen LogP contribution in [0.2, 0.25) is 0 Å². The van der Waals surface area contributed by atoms with Crippen molar-refractivity contribution in [3.8, 4) is 0 Å². The lowest BCUT2D eigenvalue weighted by Gasteiger charge is -2.21. The highest BCUT2D eigenvalue weighted by Crippen LogP contribution is 2.27. The minimum Gasteiger partial charge on any atom is -0.307 e. The van der Waals surface area contributed by atoms with Gasteiger partial charge in [0.25, 0.3) is 5.56 Å². The maximum absolute atomic E-state index is 12.7. The zero-order valence-electron chi connectivity index (χ0n) is 14.8. The van der Waals surface area contributed by atoms with Gasteiger partial charge in [-0.2, -0.15) is 0 Å². The summed E-state index contributed by atoms with van der Waals surface area (Å²) in [6.07, 6.45) is 8.73. The van der Waals surface area contributed by atoms with Crippen LogP contribution in [-0.2, 0) is 17.8 Å². The minimum atomic E-state index is -0.347. The molecule has 1 N–H and O–H groups in total. The first-order valence-corrected chi connectivity index (χ1v) is 9.30. The van der Waals surface area contributed by atoms with Crippen molar-refractivity contribution in [1.82, 2.24) is 9.55 Å². The number of nitrogens with zero attached hydrogens (tertiary/aromatic N) is 1. The number of hydrogen-bond acceptors (Lipinski definition) is 3. The normalized spacial score (nSPS) is 15.6. The van der Waals surface area contributed by atoms with Crippen molar-refractivity contribution in [2.45, 2.75) is 64.8 Å². The fourth-order valence-corrected chi connectivity index (χ4v) is 3.91. The SMILES string of the molecule is CC(=O)Cc1ccc2[nH]c(=O)n(CCCC3CCCCC3)c(=O)c2c1. The highest BCUT2D eigenvalue weighted by atomic mass is 16.2. The van der Waals surface area contributed by atoms with Gasteiger partial charge in [-0.3, -0.25) is 14.2 Å². The number of carbonyl (C=O) groups excluding carboxylic acids is 1. The first kappa shape index (κ1) is 17.6. The third kappa shape index (κ3) is 4.27. The summed E-state index contributed by atoms with van der Waals surface area (Å²) in [5.74, 6) is 0.794. The van der Waals surface area contributed by atoms with E-state index in [1.807, 2.05) is 0 Å². The highest BCUT2D eigenvalue weighted by Gasteiger charge is 2.14. The Morgan fingerprint density at radius 2 is 1.96 bits per heavy atom. The second-order valence-corrected chi connectivity index (χ2v) is 7.29. The number of benzene rings is 1. The molecule has 0 amide bonds. The van der Waals surface area contributed by atoms with Crippen molar-refractivity contribution in [2.24, 2.45) is 5.92 Å². The molecule has 5 heteroatoms. The summed E-state index contributed by atoms with van der Waals surface area (Å²) >= 11 is 0. The molecule has 1 fully saturated rings. The van der Waals surface area contributed by atoms with Crippen LogP contribution in [0.15, 0.2) is 27.8 Å². The average molecular weight is 342 g/mol. The molecule has 134 valence electrons. The Bertz CT molecular complexity index is 873. The highest BCUT2D eigenvalue weighted by molar-refractivity contribution is 5.82. The Labute approximate surface area is 147 Å². The van der Waals surface area contributed by atoms with Gasteiger partial charge in [0.15, 0.2) is 0 Å². The number of aromatic amines is 1. The van der Waals surface area contributed by atoms with E-state index in [9.17, 15) is 14.4 Å². The smallest absolute Gasteiger partial charge is 0.307 e. The number of fused-ring (bicyclic) bond motifs is 1. The Morgan fingerprint density at radius 3 is 2.68 bits per heavy atom. The van der Waals surface area contributed by atoms with Gasteiger partial charge in [-0.1, -0.05) is 38.2 Å². The van der Waals surface area contributed by atoms with Gasteiger partial charge in [0.05, 0.1) is 10.9 Å². The van der Waals surface area contributed by atoms with E-state index in [1.54, 1.807) is 18.2 Å². The van der Waals surface area contributed by atoms with E-state index >= 15 is 0 Å². The molecule has 0 bridgehead atoms. The summed E-state index contributed by atoms with van der Waals surface area (Å²) in [5.41, 5.74) is 0.733. The zero-order valence-corrected chi connectivity index (χ0v) is 14.8. The molecule has 1 aromatic heterocycles. The van der Waals surface area contributed by atoms with Crippen LogP contribution in [0.3, 0.4) is 0 Å². The van der Waals surface area contributed by atoms with E-state index in [1.165, 1.54) is 43.6 Å². The molecule has 1 aromatic carbocycles. The van der Waals surface area contributed by atoms with E-state index in [4.69, 9.17) is 0 Å². The number of H-pyrrole nitrogens is 1. The largest absolute Gasteiger partial charge is 0.328 e. The van der Waals surface area contributed by atoms with Gasteiger partial charge in [-0.15, -0.1) is 0 Å². The Kier molecular flexibility index (Phi) is 5.51. The Morgan fingerprint density at radius 1 is 1.20 bits per heavy atom. The number of carbonyl (C=O) groups is 1. The number of hydrogen-bond donors (Lipinski definition) is 1. The first-order valence-electron chi connectivity index (χ1n) is 9.30. The van der Waals surface area contributed by atoms with Crippen LogP contribution >= 0.6 is 0 Å². The summed E-state index contributed by atoms with van der Waals surface area (Å²) in [7, 11) is 0. The third-order valence-corrected chi connectivity index (χ3v) is 5.22. The van der Waals surface area contributed by atoms with Gasteiger partial charge in [0, 0.05) is 13.0 Å². The molecule has 1 aliphatic carbocycles. The first-order chi connectivity index (χ1) is 12.0. The maximum atomic E-state index is 12.7.